The highest BCUT2D eigenvalue weighted by molar-refractivity contribution is 7.80. The summed E-state index contributed by atoms with van der Waals surface area (Å²) in [6.07, 6.45) is 0. The average Bonchev–Trinajstić information content (AvgIpc) is 2.41. The van der Waals surface area contributed by atoms with Crippen LogP contribution in [0.5, 0.6) is 11.6 Å². The number of benzene rings is 1. The minimum atomic E-state index is -0.724. The standard InChI is InChI=1S/C16H18FN3OS/c1-16(2,3)10-6-4-5-7-12(10)21-13-9-8-11(14(17)20-13)19-15(18)22/h4-9H,1-3H3,(H3,18,19,22). The molecule has 116 valence electrons. The summed E-state index contributed by atoms with van der Waals surface area (Å²) >= 11 is 4.67. The molecule has 22 heavy (non-hydrogen) atoms. The van der Waals surface area contributed by atoms with Gasteiger partial charge in [-0.2, -0.15) is 9.37 Å². The van der Waals surface area contributed by atoms with Gasteiger partial charge in [0, 0.05) is 11.6 Å². The van der Waals surface area contributed by atoms with Crippen LogP contribution in [0.2, 0.25) is 0 Å². The lowest BCUT2D eigenvalue weighted by Crippen LogP contribution is -2.20. The van der Waals surface area contributed by atoms with Crippen LogP contribution in [-0.4, -0.2) is 10.1 Å². The molecule has 2 rings (SSSR count). The average molecular weight is 319 g/mol. The minimum Gasteiger partial charge on any atom is -0.439 e. The molecule has 0 radical (unpaired) electrons. The Balaban J connectivity index is 2.29. The van der Waals surface area contributed by atoms with Crippen LogP contribution < -0.4 is 15.8 Å². The Morgan fingerprint density at radius 1 is 1.23 bits per heavy atom. The first-order chi connectivity index (χ1) is 10.3. The molecule has 0 amide bonds. The summed E-state index contributed by atoms with van der Waals surface area (Å²) in [7, 11) is 0. The van der Waals surface area contributed by atoms with Crippen molar-refractivity contribution in [2.75, 3.05) is 5.32 Å². The molecule has 6 heteroatoms. The van der Waals surface area contributed by atoms with E-state index in [1.54, 1.807) is 6.07 Å². The highest BCUT2D eigenvalue weighted by Crippen LogP contribution is 2.33. The first-order valence-corrected chi connectivity index (χ1v) is 7.18. The fourth-order valence-corrected chi connectivity index (χ4v) is 2.10. The fraction of sp³-hybridized carbons (Fsp3) is 0.250. The third-order valence-electron chi connectivity index (χ3n) is 2.99. The molecule has 0 aliphatic heterocycles. The summed E-state index contributed by atoms with van der Waals surface area (Å²) in [5.41, 5.74) is 6.35. The van der Waals surface area contributed by atoms with E-state index in [9.17, 15) is 4.39 Å². The van der Waals surface area contributed by atoms with Crippen molar-refractivity contribution in [2.24, 2.45) is 5.73 Å². The number of hydrogen-bond donors (Lipinski definition) is 2. The third-order valence-corrected chi connectivity index (χ3v) is 3.09. The first kappa shape index (κ1) is 16.2. The zero-order valence-electron chi connectivity index (χ0n) is 12.7. The fourth-order valence-electron chi connectivity index (χ4n) is 1.99. The van der Waals surface area contributed by atoms with E-state index in [2.05, 4.69) is 43.3 Å². The van der Waals surface area contributed by atoms with Gasteiger partial charge in [-0.1, -0.05) is 39.0 Å². The van der Waals surface area contributed by atoms with Gasteiger partial charge >= 0.3 is 0 Å². The lowest BCUT2D eigenvalue weighted by Gasteiger charge is -2.22. The van der Waals surface area contributed by atoms with Crippen molar-refractivity contribution >= 4 is 23.0 Å². The van der Waals surface area contributed by atoms with Crippen molar-refractivity contribution in [3.63, 3.8) is 0 Å². The first-order valence-electron chi connectivity index (χ1n) is 6.78. The summed E-state index contributed by atoms with van der Waals surface area (Å²) < 4.78 is 19.6. The maximum absolute atomic E-state index is 13.9. The summed E-state index contributed by atoms with van der Waals surface area (Å²) in [5.74, 6) is 0.0955. The largest absolute Gasteiger partial charge is 0.439 e. The third kappa shape index (κ3) is 3.92. The van der Waals surface area contributed by atoms with Crippen LogP contribution in [-0.2, 0) is 5.41 Å². The summed E-state index contributed by atoms with van der Waals surface area (Å²) in [5, 5.41) is 2.50. The van der Waals surface area contributed by atoms with Gasteiger partial charge in [0.05, 0.1) is 5.69 Å². The molecule has 0 unspecified atom stereocenters. The van der Waals surface area contributed by atoms with Crippen molar-refractivity contribution in [1.29, 1.82) is 0 Å². The van der Waals surface area contributed by atoms with Gasteiger partial charge in [-0.15, -0.1) is 0 Å². The Kier molecular flexibility index (Phi) is 4.61. The van der Waals surface area contributed by atoms with Crippen LogP contribution in [0.25, 0.3) is 0 Å². The maximum atomic E-state index is 13.9. The number of anilines is 1. The summed E-state index contributed by atoms with van der Waals surface area (Å²) in [6.45, 7) is 6.25. The lowest BCUT2D eigenvalue weighted by molar-refractivity contribution is 0.428. The molecule has 0 atom stereocenters. The van der Waals surface area contributed by atoms with Gasteiger partial charge in [-0.25, -0.2) is 0 Å². The van der Waals surface area contributed by atoms with Crippen molar-refractivity contribution in [3.8, 4) is 11.6 Å². The molecule has 0 bridgehead atoms. The predicted octanol–water partition coefficient (Wildman–Crippen LogP) is 3.97. The zero-order chi connectivity index (χ0) is 16.3. The molecule has 1 heterocycles. The quantitative estimate of drug-likeness (QED) is 0.662. The normalized spacial score (nSPS) is 11.1. The highest BCUT2D eigenvalue weighted by Gasteiger charge is 2.19. The van der Waals surface area contributed by atoms with Crippen LogP contribution in [0.4, 0.5) is 10.1 Å². The van der Waals surface area contributed by atoms with E-state index < -0.39 is 5.95 Å². The van der Waals surface area contributed by atoms with E-state index in [1.807, 2.05) is 24.3 Å². The number of rotatable bonds is 3. The molecule has 0 spiro atoms. The molecule has 0 saturated carbocycles. The van der Waals surface area contributed by atoms with Crippen molar-refractivity contribution in [1.82, 2.24) is 4.98 Å². The molecule has 0 saturated heterocycles. The number of nitrogens with zero attached hydrogens (tertiary/aromatic N) is 1. The van der Waals surface area contributed by atoms with Gasteiger partial charge in [0.2, 0.25) is 11.8 Å². The van der Waals surface area contributed by atoms with Crippen LogP contribution >= 0.6 is 12.2 Å². The Morgan fingerprint density at radius 3 is 2.50 bits per heavy atom. The number of hydrogen-bond acceptors (Lipinski definition) is 3. The number of halogens is 1. The van der Waals surface area contributed by atoms with Crippen molar-refractivity contribution < 1.29 is 9.13 Å². The van der Waals surface area contributed by atoms with Gasteiger partial charge < -0.3 is 15.8 Å². The Bertz CT molecular complexity index is 698. The number of thiocarbonyl (C=S) groups is 1. The van der Waals surface area contributed by atoms with Crippen molar-refractivity contribution in [3.05, 3.63) is 47.9 Å². The van der Waals surface area contributed by atoms with Crippen LogP contribution in [0.1, 0.15) is 26.3 Å². The van der Waals surface area contributed by atoms with E-state index in [0.717, 1.165) is 5.56 Å². The Labute approximate surface area is 134 Å². The number of aromatic nitrogens is 1. The Hall–Kier alpha value is -2.21. The molecule has 0 aliphatic rings. The molecule has 0 fully saturated rings. The number of para-hydroxylation sites is 1. The van der Waals surface area contributed by atoms with E-state index in [1.165, 1.54) is 6.07 Å². The van der Waals surface area contributed by atoms with Crippen LogP contribution in [0.15, 0.2) is 36.4 Å². The van der Waals surface area contributed by atoms with E-state index >= 15 is 0 Å². The van der Waals surface area contributed by atoms with Gasteiger partial charge in [-0.3, -0.25) is 0 Å². The number of ether oxygens (including phenoxy) is 1. The summed E-state index contributed by atoms with van der Waals surface area (Å²) in [4.78, 5) is 3.78. The monoisotopic (exact) mass is 319 g/mol. The lowest BCUT2D eigenvalue weighted by atomic mass is 9.86. The molecular weight excluding hydrogens is 301 g/mol. The van der Waals surface area contributed by atoms with Crippen molar-refractivity contribution in [2.45, 2.75) is 26.2 Å². The molecule has 0 aliphatic carbocycles. The van der Waals surface area contributed by atoms with Crippen LogP contribution in [0, 0.1) is 5.95 Å². The highest BCUT2D eigenvalue weighted by atomic mass is 32.1. The zero-order valence-corrected chi connectivity index (χ0v) is 13.5. The second kappa shape index (κ2) is 6.27. The Morgan fingerprint density at radius 2 is 1.91 bits per heavy atom. The molecule has 4 nitrogen and oxygen atoms in total. The van der Waals surface area contributed by atoms with E-state index in [-0.39, 0.29) is 22.1 Å². The van der Waals surface area contributed by atoms with Gasteiger partial charge in [-0.05, 0) is 29.8 Å². The maximum Gasteiger partial charge on any atom is 0.239 e. The molecule has 1 aromatic heterocycles. The molecule has 3 N–H and O–H groups in total. The number of pyridine rings is 1. The number of nitrogens with one attached hydrogen (secondary N) is 1. The second-order valence-electron chi connectivity index (χ2n) is 5.83. The summed E-state index contributed by atoms with van der Waals surface area (Å²) in [6, 6.07) is 10.7. The van der Waals surface area contributed by atoms with E-state index in [4.69, 9.17) is 10.5 Å². The van der Waals surface area contributed by atoms with E-state index in [0.29, 0.717) is 5.75 Å². The smallest absolute Gasteiger partial charge is 0.239 e. The second-order valence-corrected chi connectivity index (χ2v) is 6.27. The SMILES string of the molecule is CC(C)(C)c1ccccc1Oc1ccc(NC(N)=S)c(F)n1. The van der Waals surface area contributed by atoms with Crippen LogP contribution in [0.3, 0.4) is 0 Å². The van der Waals surface area contributed by atoms with Gasteiger partial charge in [0.15, 0.2) is 5.11 Å². The topological polar surface area (TPSA) is 60.2 Å². The van der Waals surface area contributed by atoms with Gasteiger partial charge in [0.25, 0.3) is 0 Å². The predicted molar refractivity (Wildman–Crippen MR) is 89.8 cm³/mol. The molecular formula is C16H18FN3OS. The minimum absolute atomic E-state index is 0.0209. The molecule has 1 aromatic carbocycles. The number of nitrogens with two attached hydrogens (primary N) is 1. The van der Waals surface area contributed by atoms with Gasteiger partial charge in [0.1, 0.15) is 5.75 Å². The molecule has 2 aromatic rings.